The van der Waals surface area contributed by atoms with Crippen molar-refractivity contribution in [1.29, 1.82) is 0 Å². The van der Waals surface area contributed by atoms with E-state index >= 15 is 0 Å². The zero-order valence-corrected chi connectivity index (χ0v) is 9.95. The Morgan fingerprint density at radius 3 is 2.70 bits per heavy atom. The fourth-order valence-electron chi connectivity index (χ4n) is 1.42. The van der Waals surface area contributed by atoms with Crippen LogP contribution in [-0.4, -0.2) is 15.8 Å². The smallest absolute Gasteiger partial charge is 0.272 e. The number of halogens is 1. The SMILES string of the molecule is NC(=O)c1cc(Oc2ccc([N+](=O)[O-])cc2F)ccn1. The third-order valence-electron chi connectivity index (χ3n) is 2.34. The maximum Gasteiger partial charge on any atom is 0.272 e. The van der Waals surface area contributed by atoms with E-state index in [0.717, 1.165) is 18.2 Å². The van der Waals surface area contributed by atoms with Crippen LogP contribution in [0.4, 0.5) is 10.1 Å². The van der Waals surface area contributed by atoms with Crippen LogP contribution in [0.25, 0.3) is 0 Å². The molecular weight excluding hydrogens is 269 g/mol. The van der Waals surface area contributed by atoms with Gasteiger partial charge < -0.3 is 10.5 Å². The molecule has 1 heterocycles. The van der Waals surface area contributed by atoms with Gasteiger partial charge in [0.15, 0.2) is 11.6 Å². The maximum absolute atomic E-state index is 13.6. The lowest BCUT2D eigenvalue weighted by Gasteiger charge is -2.07. The number of hydrogen-bond acceptors (Lipinski definition) is 5. The third kappa shape index (κ3) is 2.86. The fourth-order valence-corrected chi connectivity index (χ4v) is 1.42. The number of ether oxygens (including phenoxy) is 1. The summed E-state index contributed by atoms with van der Waals surface area (Å²) in [6, 6.07) is 5.61. The molecule has 0 atom stereocenters. The summed E-state index contributed by atoms with van der Waals surface area (Å²) in [6.45, 7) is 0. The average molecular weight is 277 g/mol. The Labute approximate surface area is 112 Å². The number of nitrogens with two attached hydrogens (primary N) is 1. The number of primary amides is 1. The first-order valence-corrected chi connectivity index (χ1v) is 5.35. The first-order chi connectivity index (χ1) is 9.47. The van der Waals surface area contributed by atoms with Gasteiger partial charge in [0.2, 0.25) is 0 Å². The summed E-state index contributed by atoms with van der Waals surface area (Å²) in [5.74, 6) is -1.71. The molecule has 8 heteroatoms. The first kappa shape index (κ1) is 13.4. The van der Waals surface area contributed by atoms with E-state index in [1.807, 2.05) is 0 Å². The molecule has 0 bridgehead atoms. The average Bonchev–Trinajstić information content (AvgIpc) is 2.41. The van der Waals surface area contributed by atoms with E-state index in [2.05, 4.69) is 4.98 Å². The van der Waals surface area contributed by atoms with Crippen molar-refractivity contribution < 1.29 is 18.8 Å². The van der Waals surface area contributed by atoms with Gasteiger partial charge in [-0.25, -0.2) is 4.39 Å². The highest BCUT2D eigenvalue weighted by Crippen LogP contribution is 2.27. The zero-order valence-electron chi connectivity index (χ0n) is 9.95. The molecular formula is C12H8FN3O4. The number of rotatable bonds is 4. The van der Waals surface area contributed by atoms with E-state index in [1.54, 1.807) is 0 Å². The Morgan fingerprint density at radius 2 is 2.10 bits per heavy atom. The lowest BCUT2D eigenvalue weighted by Crippen LogP contribution is -2.12. The van der Waals surface area contributed by atoms with Crippen LogP contribution < -0.4 is 10.5 Å². The van der Waals surface area contributed by atoms with E-state index in [-0.39, 0.29) is 22.9 Å². The van der Waals surface area contributed by atoms with Gasteiger partial charge in [-0.2, -0.15) is 0 Å². The zero-order chi connectivity index (χ0) is 14.7. The predicted molar refractivity (Wildman–Crippen MR) is 65.9 cm³/mol. The Kier molecular flexibility index (Phi) is 3.56. The third-order valence-corrected chi connectivity index (χ3v) is 2.34. The van der Waals surface area contributed by atoms with Crippen molar-refractivity contribution in [2.75, 3.05) is 0 Å². The van der Waals surface area contributed by atoms with Gasteiger partial charge in [-0.3, -0.25) is 19.9 Å². The van der Waals surface area contributed by atoms with E-state index < -0.39 is 16.6 Å². The van der Waals surface area contributed by atoms with Crippen molar-refractivity contribution in [2.24, 2.45) is 5.73 Å². The summed E-state index contributed by atoms with van der Waals surface area (Å²) < 4.78 is 18.8. The number of hydrogen-bond donors (Lipinski definition) is 1. The lowest BCUT2D eigenvalue weighted by atomic mass is 10.3. The molecule has 1 aromatic carbocycles. The summed E-state index contributed by atoms with van der Waals surface area (Å²) in [4.78, 5) is 24.4. The van der Waals surface area contributed by atoms with Crippen LogP contribution >= 0.6 is 0 Å². The van der Waals surface area contributed by atoms with E-state index in [9.17, 15) is 19.3 Å². The highest BCUT2D eigenvalue weighted by atomic mass is 19.1. The second-order valence-corrected chi connectivity index (χ2v) is 3.71. The molecule has 102 valence electrons. The molecule has 2 N–H and O–H groups in total. The second kappa shape index (κ2) is 5.31. The number of benzene rings is 1. The summed E-state index contributed by atoms with van der Waals surface area (Å²) in [7, 11) is 0. The van der Waals surface area contributed by atoms with Crippen LogP contribution in [0.5, 0.6) is 11.5 Å². The summed E-state index contributed by atoms with van der Waals surface area (Å²) >= 11 is 0. The maximum atomic E-state index is 13.6. The fraction of sp³-hybridized carbons (Fsp3) is 0. The van der Waals surface area contributed by atoms with Crippen LogP contribution in [0.2, 0.25) is 0 Å². The van der Waals surface area contributed by atoms with Gasteiger partial charge in [-0.1, -0.05) is 0 Å². The van der Waals surface area contributed by atoms with E-state index in [4.69, 9.17) is 10.5 Å². The summed E-state index contributed by atoms with van der Waals surface area (Å²) in [5.41, 5.74) is 4.63. The van der Waals surface area contributed by atoms with Crippen molar-refractivity contribution in [1.82, 2.24) is 4.98 Å². The Hall–Kier alpha value is -3.03. The van der Waals surface area contributed by atoms with Gasteiger partial charge in [0.1, 0.15) is 11.4 Å². The minimum Gasteiger partial charge on any atom is -0.454 e. The van der Waals surface area contributed by atoms with E-state index in [1.165, 1.54) is 18.3 Å². The number of carbonyl (C=O) groups excluding carboxylic acids is 1. The van der Waals surface area contributed by atoms with Crippen LogP contribution in [0, 0.1) is 15.9 Å². The minimum atomic E-state index is -0.892. The number of non-ortho nitro benzene ring substituents is 1. The highest BCUT2D eigenvalue weighted by Gasteiger charge is 2.13. The van der Waals surface area contributed by atoms with Gasteiger partial charge in [-0.05, 0) is 12.1 Å². The quantitative estimate of drug-likeness (QED) is 0.679. The molecule has 2 rings (SSSR count). The second-order valence-electron chi connectivity index (χ2n) is 3.71. The van der Waals surface area contributed by atoms with Crippen LogP contribution in [0.1, 0.15) is 10.5 Å². The number of nitro groups is 1. The predicted octanol–water partition coefficient (Wildman–Crippen LogP) is 2.02. The molecule has 0 radical (unpaired) electrons. The van der Waals surface area contributed by atoms with Crippen molar-refractivity contribution in [3.63, 3.8) is 0 Å². The summed E-state index contributed by atoms with van der Waals surface area (Å²) in [6.07, 6.45) is 1.28. The molecule has 7 nitrogen and oxygen atoms in total. The van der Waals surface area contributed by atoms with Gasteiger partial charge in [0, 0.05) is 18.3 Å². The summed E-state index contributed by atoms with van der Waals surface area (Å²) in [5, 5.41) is 10.5. The first-order valence-electron chi connectivity index (χ1n) is 5.35. The monoisotopic (exact) mass is 277 g/mol. The molecule has 20 heavy (non-hydrogen) atoms. The van der Waals surface area contributed by atoms with Gasteiger partial charge in [0.25, 0.3) is 11.6 Å². The Morgan fingerprint density at radius 1 is 1.35 bits per heavy atom. The molecule has 0 aliphatic rings. The van der Waals surface area contributed by atoms with Crippen LogP contribution in [-0.2, 0) is 0 Å². The largest absolute Gasteiger partial charge is 0.454 e. The molecule has 0 saturated carbocycles. The molecule has 0 fully saturated rings. The van der Waals surface area contributed by atoms with Crippen LogP contribution in [0.3, 0.4) is 0 Å². The number of carbonyl (C=O) groups is 1. The standard InChI is InChI=1S/C12H8FN3O4/c13-9-5-7(16(18)19)1-2-11(9)20-8-3-4-15-10(6-8)12(14)17/h1-6H,(H2,14,17). The molecule has 0 unspecified atom stereocenters. The van der Waals surface area contributed by atoms with Crippen molar-refractivity contribution in [2.45, 2.75) is 0 Å². The topological polar surface area (TPSA) is 108 Å². The normalized spacial score (nSPS) is 10.1. The molecule has 0 saturated heterocycles. The Balaban J connectivity index is 2.28. The van der Waals surface area contributed by atoms with Crippen molar-refractivity contribution in [3.05, 3.63) is 58.2 Å². The van der Waals surface area contributed by atoms with Gasteiger partial charge in [0.05, 0.1) is 11.0 Å². The van der Waals surface area contributed by atoms with Gasteiger partial charge in [-0.15, -0.1) is 0 Å². The molecule has 0 aliphatic carbocycles. The minimum absolute atomic E-state index is 0.0372. The molecule has 1 aromatic heterocycles. The Bertz CT molecular complexity index is 690. The lowest BCUT2D eigenvalue weighted by molar-refractivity contribution is -0.385. The molecule has 0 aliphatic heterocycles. The van der Waals surface area contributed by atoms with Crippen molar-refractivity contribution >= 4 is 11.6 Å². The van der Waals surface area contributed by atoms with Crippen molar-refractivity contribution in [3.8, 4) is 11.5 Å². The number of nitrogens with zero attached hydrogens (tertiary/aromatic N) is 2. The number of nitro benzene ring substituents is 1. The number of amides is 1. The number of pyridine rings is 1. The molecule has 1 amide bonds. The highest BCUT2D eigenvalue weighted by molar-refractivity contribution is 5.91. The molecule has 0 spiro atoms. The van der Waals surface area contributed by atoms with Crippen LogP contribution in [0.15, 0.2) is 36.5 Å². The van der Waals surface area contributed by atoms with E-state index in [0.29, 0.717) is 0 Å². The molecule has 2 aromatic rings. The van der Waals surface area contributed by atoms with Gasteiger partial charge >= 0.3 is 0 Å². The number of aromatic nitrogens is 1.